The molecule has 0 fully saturated rings. The van der Waals surface area contributed by atoms with Gasteiger partial charge in [-0.2, -0.15) is 0 Å². The molecule has 1 heterocycles. The van der Waals surface area contributed by atoms with Crippen LogP contribution >= 0.6 is 31.9 Å². The standard InChI is InChI=1S/C25H22Br2N2O4/c1-2-11-29(23(24(30)31)22-21(27)12-15(26)13-28-22)25(32)33-14-20-18-9-5-3-7-16(18)17-8-4-6-10-19(17)20/h3-10,12-13,20,23H,2,11,14H2,1H3,(H,30,31). The maximum absolute atomic E-state index is 13.2. The monoisotopic (exact) mass is 572 g/mol. The van der Waals surface area contributed by atoms with E-state index in [1.54, 1.807) is 6.07 Å². The molecule has 6 nitrogen and oxygen atoms in total. The fourth-order valence-corrected chi connectivity index (χ4v) is 5.47. The Balaban J connectivity index is 1.60. The smallest absolute Gasteiger partial charge is 0.410 e. The number of carboxylic acid groups (broad SMARTS) is 1. The summed E-state index contributed by atoms with van der Waals surface area (Å²) in [7, 11) is 0. The van der Waals surface area contributed by atoms with Gasteiger partial charge in [0, 0.05) is 27.6 Å². The highest BCUT2D eigenvalue weighted by Gasteiger charge is 2.36. The normalized spacial score (nSPS) is 13.2. The summed E-state index contributed by atoms with van der Waals surface area (Å²) >= 11 is 6.70. The number of ether oxygens (including phenoxy) is 1. The number of pyridine rings is 1. The van der Waals surface area contributed by atoms with Crippen LogP contribution in [-0.2, 0) is 9.53 Å². The largest absolute Gasteiger partial charge is 0.479 e. The Labute approximate surface area is 208 Å². The van der Waals surface area contributed by atoms with Crippen molar-refractivity contribution in [2.45, 2.75) is 25.3 Å². The molecule has 1 N–H and O–H groups in total. The van der Waals surface area contributed by atoms with Gasteiger partial charge in [-0.1, -0.05) is 55.5 Å². The van der Waals surface area contributed by atoms with E-state index in [0.717, 1.165) is 22.3 Å². The van der Waals surface area contributed by atoms with E-state index in [-0.39, 0.29) is 24.8 Å². The predicted octanol–water partition coefficient (Wildman–Crippen LogP) is 6.39. The van der Waals surface area contributed by atoms with Gasteiger partial charge < -0.3 is 9.84 Å². The number of amides is 1. The molecule has 1 amide bonds. The van der Waals surface area contributed by atoms with Crippen molar-refractivity contribution in [1.29, 1.82) is 0 Å². The topological polar surface area (TPSA) is 79.7 Å². The molecule has 4 rings (SSSR count). The fourth-order valence-electron chi connectivity index (χ4n) is 4.27. The molecule has 3 aromatic rings. The van der Waals surface area contributed by atoms with Crippen molar-refractivity contribution in [3.8, 4) is 11.1 Å². The number of carboxylic acids is 1. The molecular weight excluding hydrogens is 552 g/mol. The van der Waals surface area contributed by atoms with Crippen molar-refractivity contribution in [3.63, 3.8) is 0 Å². The van der Waals surface area contributed by atoms with Crippen LogP contribution in [0.2, 0.25) is 0 Å². The first-order valence-electron chi connectivity index (χ1n) is 10.6. The van der Waals surface area contributed by atoms with Crippen molar-refractivity contribution in [3.05, 3.63) is 86.6 Å². The molecule has 8 heteroatoms. The van der Waals surface area contributed by atoms with Crippen LogP contribution < -0.4 is 0 Å². The molecule has 1 unspecified atom stereocenters. The van der Waals surface area contributed by atoms with Gasteiger partial charge in [0.25, 0.3) is 0 Å². The Hall–Kier alpha value is -2.71. The van der Waals surface area contributed by atoms with Crippen LogP contribution in [-0.4, -0.2) is 40.2 Å². The number of carbonyl (C=O) groups excluding carboxylic acids is 1. The first kappa shape index (κ1) is 23.4. The first-order valence-corrected chi connectivity index (χ1v) is 12.2. The molecule has 1 atom stereocenters. The highest BCUT2D eigenvalue weighted by molar-refractivity contribution is 9.11. The summed E-state index contributed by atoms with van der Waals surface area (Å²) in [5, 5.41) is 9.98. The van der Waals surface area contributed by atoms with E-state index in [4.69, 9.17) is 4.74 Å². The summed E-state index contributed by atoms with van der Waals surface area (Å²) in [6.45, 7) is 2.22. The van der Waals surface area contributed by atoms with Crippen molar-refractivity contribution in [2.75, 3.05) is 13.2 Å². The van der Waals surface area contributed by atoms with Gasteiger partial charge in [-0.25, -0.2) is 9.59 Å². The number of benzene rings is 2. The highest BCUT2D eigenvalue weighted by atomic mass is 79.9. The molecule has 1 aromatic heterocycles. The summed E-state index contributed by atoms with van der Waals surface area (Å²) in [5.41, 5.74) is 4.70. The maximum atomic E-state index is 13.2. The third-order valence-corrected chi connectivity index (χ3v) is 6.74. The van der Waals surface area contributed by atoms with E-state index >= 15 is 0 Å². The van der Waals surface area contributed by atoms with E-state index in [0.29, 0.717) is 15.4 Å². The van der Waals surface area contributed by atoms with Gasteiger partial charge in [0.05, 0.1) is 5.69 Å². The third-order valence-electron chi connectivity index (χ3n) is 5.68. The Bertz CT molecular complexity index is 1160. The second-order valence-electron chi connectivity index (χ2n) is 7.76. The molecule has 0 aliphatic heterocycles. The van der Waals surface area contributed by atoms with Crippen molar-refractivity contribution in [1.82, 2.24) is 9.88 Å². The Morgan fingerprint density at radius 1 is 1.09 bits per heavy atom. The van der Waals surface area contributed by atoms with Gasteiger partial charge >= 0.3 is 12.1 Å². The number of halogens is 2. The van der Waals surface area contributed by atoms with Crippen LogP contribution in [0, 0.1) is 0 Å². The SMILES string of the molecule is CCCN(C(=O)OCC1c2ccccc2-c2ccccc21)C(C(=O)O)c1ncc(Br)cc1Br. The fraction of sp³-hybridized carbons (Fsp3) is 0.240. The van der Waals surface area contributed by atoms with Crippen LogP contribution in [0.5, 0.6) is 0 Å². The Kier molecular flexibility index (Phi) is 7.14. The van der Waals surface area contributed by atoms with E-state index < -0.39 is 18.1 Å². The summed E-state index contributed by atoms with van der Waals surface area (Å²) in [6.07, 6.45) is 1.41. The van der Waals surface area contributed by atoms with Crippen LogP contribution in [0.3, 0.4) is 0 Å². The number of nitrogens with zero attached hydrogens (tertiary/aromatic N) is 2. The van der Waals surface area contributed by atoms with Crippen molar-refractivity contribution < 1.29 is 19.4 Å². The number of aliphatic carboxylic acids is 1. The number of fused-ring (bicyclic) bond motifs is 3. The average Bonchev–Trinajstić information content (AvgIpc) is 3.12. The molecule has 0 spiro atoms. The third kappa shape index (κ3) is 4.68. The van der Waals surface area contributed by atoms with E-state index in [1.807, 2.05) is 43.3 Å². The molecule has 0 radical (unpaired) electrons. The number of hydrogen-bond donors (Lipinski definition) is 1. The van der Waals surface area contributed by atoms with Gasteiger partial charge in [0.2, 0.25) is 0 Å². The summed E-state index contributed by atoms with van der Waals surface area (Å²) < 4.78 is 6.94. The zero-order valence-electron chi connectivity index (χ0n) is 17.9. The average molecular weight is 574 g/mol. The Morgan fingerprint density at radius 2 is 1.70 bits per heavy atom. The number of carbonyl (C=O) groups is 2. The molecule has 1 aliphatic carbocycles. The van der Waals surface area contributed by atoms with Crippen LogP contribution in [0.15, 0.2) is 69.7 Å². The van der Waals surface area contributed by atoms with Gasteiger partial charge in [-0.3, -0.25) is 9.88 Å². The van der Waals surface area contributed by atoms with Gasteiger partial charge in [0.15, 0.2) is 6.04 Å². The lowest BCUT2D eigenvalue weighted by Crippen LogP contribution is -2.41. The lowest BCUT2D eigenvalue weighted by atomic mass is 9.98. The van der Waals surface area contributed by atoms with Crippen LogP contribution in [0.1, 0.15) is 42.1 Å². The number of rotatable bonds is 7. The maximum Gasteiger partial charge on any atom is 0.410 e. The van der Waals surface area contributed by atoms with Gasteiger partial charge in [-0.15, -0.1) is 0 Å². The second-order valence-corrected chi connectivity index (χ2v) is 9.53. The molecule has 1 aliphatic rings. The van der Waals surface area contributed by atoms with Crippen LogP contribution in [0.4, 0.5) is 4.79 Å². The van der Waals surface area contributed by atoms with Crippen molar-refractivity contribution in [2.24, 2.45) is 0 Å². The molecule has 2 aromatic carbocycles. The summed E-state index contributed by atoms with van der Waals surface area (Å²) in [4.78, 5) is 30.9. The zero-order valence-corrected chi connectivity index (χ0v) is 21.0. The van der Waals surface area contributed by atoms with Gasteiger partial charge in [-0.05, 0) is 66.6 Å². The minimum atomic E-state index is -1.27. The van der Waals surface area contributed by atoms with Crippen molar-refractivity contribution >= 4 is 43.9 Å². The molecule has 170 valence electrons. The predicted molar refractivity (Wildman–Crippen MR) is 132 cm³/mol. The quantitative estimate of drug-likeness (QED) is 0.354. The molecular formula is C25H22Br2N2O4. The Morgan fingerprint density at radius 3 is 2.24 bits per heavy atom. The molecule has 0 saturated carbocycles. The minimum absolute atomic E-state index is 0.106. The lowest BCUT2D eigenvalue weighted by molar-refractivity contribution is -0.143. The summed E-state index contributed by atoms with van der Waals surface area (Å²) in [5.74, 6) is -1.28. The first-order chi connectivity index (χ1) is 15.9. The van der Waals surface area contributed by atoms with Gasteiger partial charge in [0.1, 0.15) is 6.61 Å². The molecule has 0 saturated heterocycles. The van der Waals surface area contributed by atoms with E-state index in [2.05, 4.69) is 49.0 Å². The summed E-state index contributed by atoms with van der Waals surface area (Å²) in [6, 6.07) is 16.6. The van der Waals surface area contributed by atoms with E-state index in [1.165, 1.54) is 11.1 Å². The zero-order chi connectivity index (χ0) is 23.5. The van der Waals surface area contributed by atoms with E-state index in [9.17, 15) is 14.7 Å². The van der Waals surface area contributed by atoms with Crippen LogP contribution in [0.25, 0.3) is 11.1 Å². The number of hydrogen-bond acceptors (Lipinski definition) is 4. The minimum Gasteiger partial charge on any atom is -0.479 e. The lowest BCUT2D eigenvalue weighted by Gasteiger charge is -2.28. The number of aromatic nitrogens is 1. The second kappa shape index (κ2) is 10.1. The molecule has 33 heavy (non-hydrogen) atoms. The highest BCUT2D eigenvalue weighted by Crippen LogP contribution is 2.44. The molecule has 0 bridgehead atoms.